The van der Waals surface area contributed by atoms with Crippen LogP contribution in [0, 0.1) is 0 Å². The number of thiophene rings is 1. The van der Waals surface area contributed by atoms with Crippen molar-refractivity contribution in [2.45, 2.75) is 37.6 Å². The number of rotatable bonds is 15. The van der Waals surface area contributed by atoms with E-state index >= 15 is 0 Å². The van der Waals surface area contributed by atoms with Crippen LogP contribution in [0.15, 0.2) is 81.8 Å². The maximum absolute atomic E-state index is 13.8. The number of H-pyrrole nitrogens is 1. The number of hydrogen-bond donors (Lipinski definition) is 3. The van der Waals surface area contributed by atoms with Gasteiger partial charge in [-0.15, -0.1) is 11.3 Å². The summed E-state index contributed by atoms with van der Waals surface area (Å²) in [5, 5.41) is 14.2. The summed E-state index contributed by atoms with van der Waals surface area (Å²) in [5.41, 5.74) is 0.321. The predicted octanol–water partition coefficient (Wildman–Crippen LogP) is 2.93. The van der Waals surface area contributed by atoms with E-state index in [1.54, 1.807) is 32.0 Å². The highest BCUT2D eigenvalue weighted by Gasteiger charge is 2.35. The molecule has 0 aliphatic rings. The van der Waals surface area contributed by atoms with Crippen LogP contribution in [0.3, 0.4) is 0 Å². The van der Waals surface area contributed by atoms with E-state index in [4.69, 9.17) is 14.2 Å². The fourth-order valence-corrected chi connectivity index (χ4v) is 6.43. The van der Waals surface area contributed by atoms with Crippen LogP contribution in [0.5, 0.6) is 5.75 Å². The average Bonchev–Trinajstić information content (AvgIpc) is 3.51. The van der Waals surface area contributed by atoms with E-state index in [2.05, 4.69) is 9.71 Å². The van der Waals surface area contributed by atoms with Crippen LogP contribution in [0.4, 0.5) is 0 Å². The van der Waals surface area contributed by atoms with Gasteiger partial charge in [-0.05, 0) is 61.0 Å². The summed E-state index contributed by atoms with van der Waals surface area (Å²) < 4.78 is 46.1. The second-order valence-electron chi connectivity index (χ2n) is 9.51. The van der Waals surface area contributed by atoms with Crippen LogP contribution in [-0.4, -0.2) is 67.9 Å². The molecule has 0 saturated carbocycles. The molecule has 14 heteroatoms. The summed E-state index contributed by atoms with van der Waals surface area (Å²) in [6.45, 7) is 2.89. The lowest BCUT2D eigenvalue weighted by atomic mass is 10.0. The summed E-state index contributed by atoms with van der Waals surface area (Å²) in [6, 6.07) is 15.6. The van der Waals surface area contributed by atoms with Gasteiger partial charge in [0.25, 0.3) is 0 Å². The number of fused-ring (bicyclic) bond motifs is 1. The van der Waals surface area contributed by atoms with Crippen LogP contribution in [0.2, 0.25) is 0 Å². The summed E-state index contributed by atoms with van der Waals surface area (Å²) in [4.78, 5) is 41.1. The number of aromatic amines is 1. The first kappa shape index (κ1) is 32.8. The minimum Gasteiger partial charge on any atom is -0.482 e. The number of carbonyl (C=O) groups is 2. The molecule has 1 unspecified atom stereocenters. The van der Waals surface area contributed by atoms with Gasteiger partial charge in [-0.3, -0.25) is 14.5 Å². The first-order valence-corrected chi connectivity index (χ1v) is 16.1. The molecule has 0 saturated heterocycles. The largest absolute Gasteiger partial charge is 0.482 e. The van der Waals surface area contributed by atoms with Gasteiger partial charge >= 0.3 is 11.9 Å². The van der Waals surface area contributed by atoms with Crippen molar-refractivity contribution < 1.29 is 37.3 Å². The highest BCUT2D eigenvalue weighted by atomic mass is 32.2. The molecular formula is C30H33N3O9S2. The second-order valence-corrected chi connectivity index (χ2v) is 12.3. The number of nitrogens with one attached hydrogen (secondary N) is 2. The van der Waals surface area contributed by atoms with Crippen LogP contribution in [0.25, 0.3) is 10.9 Å². The number of hydrogen-bond acceptors (Lipinski definition) is 11. The molecule has 0 spiro atoms. The third kappa shape index (κ3) is 8.51. The van der Waals surface area contributed by atoms with Crippen molar-refractivity contribution in [3.8, 4) is 5.75 Å². The Kier molecular flexibility index (Phi) is 11.3. The molecular weight excluding hydrogens is 610 g/mol. The minimum atomic E-state index is -4.33. The van der Waals surface area contributed by atoms with Crippen LogP contribution < -0.4 is 15.0 Å². The van der Waals surface area contributed by atoms with Gasteiger partial charge in [0.1, 0.15) is 12.0 Å². The molecule has 0 aliphatic carbocycles. The quantitative estimate of drug-likeness (QED) is 0.130. The Morgan fingerprint density at radius 3 is 2.48 bits per heavy atom. The topological polar surface area (TPSA) is 164 Å². The van der Waals surface area contributed by atoms with E-state index in [0.29, 0.717) is 10.9 Å². The Morgan fingerprint density at radius 2 is 1.75 bits per heavy atom. The van der Waals surface area contributed by atoms with Gasteiger partial charge < -0.3 is 24.3 Å². The number of nitrogens with zero attached hydrogens (tertiary/aromatic N) is 1. The number of sulfonamides is 1. The molecule has 0 bridgehead atoms. The number of para-hydroxylation sites is 1. The van der Waals surface area contributed by atoms with E-state index in [1.807, 2.05) is 17.5 Å². The van der Waals surface area contributed by atoms with Crippen molar-refractivity contribution >= 4 is 44.2 Å². The zero-order valence-electron chi connectivity index (χ0n) is 24.1. The van der Waals surface area contributed by atoms with Crippen molar-refractivity contribution in [3.63, 3.8) is 0 Å². The van der Waals surface area contributed by atoms with Gasteiger partial charge in [0.2, 0.25) is 15.6 Å². The molecule has 234 valence electrons. The summed E-state index contributed by atoms with van der Waals surface area (Å²) in [7, 11) is -4.33. The summed E-state index contributed by atoms with van der Waals surface area (Å²) in [6.07, 6.45) is -1.61. The third-order valence-electron chi connectivity index (χ3n) is 6.44. The summed E-state index contributed by atoms with van der Waals surface area (Å²) in [5.74, 6) is -1.12. The molecule has 0 amide bonds. The number of pyridine rings is 1. The van der Waals surface area contributed by atoms with Gasteiger partial charge in [0.05, 0.1) is 30.7 Å². The van der Waals surface area contributed by atoms with Crippen LogP contribution >= 0.6 is 11.3 Å². The number of carbonyl (C=O) groups excluding carboxylic acids is 2. The van der Waals surface area contributed by atoms with E-state index in [1.165, 1.54) is 52.6 Å². The molecule has 44 heavy (non-hydrogen) atoms. The van der Waals surface area contributed by atoms with Gasteiger partial charge in [0.15, 0.2) is 6.61 Å². The number of aliphatic hydroxyl groups excluding tert-OH is 1. The maximum Gasteiger partial charge on any atom is 0.344 e. The monoisotopic (exact) mass is 643 g/mol. The molecule has 2 heterocycles. The normalized spacial score (nSPS) is 13.0. The molecule has 2 aromatic carbocycles. The Hall–Kier alpha value is -4.08. The molecule has 0 aliphatic heterocycles. The fourth-order valence-electron chi connectivity index (χ4n) is 4.46. The van der Waals surface area contributed by atoms with E-state index in [-0.39, 0.29) is 48.1 Å². The van der Waals surface area contributed by atoms with Crippen LogP contribution in [0.1, 0.15) is 30.3 Å². The Labute approximate surface area is 258 Å². The standard InChI is InChI=1S/C30H33N3O9S2/c1-3-40-27(35)18-33(17-21-8-7-15-43-21)30(37)29(23-9-5-6-10-25(23)42-19-28(36)41-4-2)32-44(38,39)22-12-13-24-20(16-22)11-14-26(34)31-24/h5-16,29-30,32,37H,3-4,17-19H2,1-2H3,(H,31,34)/t29-,30?/m0/s1. The van der Waals surface area contributed by atoms with Crippen molar-refractivity contribution in [3.05, 3.63) is 92.9 Å². The lowest BCUT2D eigenvalue weighted by molar-refractivity contribution is -0.149. The Balaban J connectivity index is 1.76. The first-order valence-electron chi connectivity index (χ1n) is 13.7. The van der Waals surface area contributed by atoms with Gasteiger partial charge in [-0.1, -0.05) is 24.3 Å². The third-order valence-corrected chi connectivity index (χ3v) is 8.74. The van der Waals surface area contributed by atoms with Crippen molar-refractivity contribution in [1.82, 2.24) is 14.6 Å². The van der Waals surface area contributed by atoms with Crippen molar-refractivity contribution in [1.29, 1.82) is 0 Å². The molecule has 0 fully saturated rings. The molecule has 2 aromatic heterocycles. The summed E-state index contributed by atoms with van der Waals surface area (Å²) >= 11 is 1.40. The van der Waals surface area contributed by atoms with Gasteiger partial charge in [-0.25, -0.2) is 13.2 Å². The molecule has 12 nitrogen and oxygen atoms in total. The fraction of sp³-hybridized carbons (Fsp3) is 0.300. The first-order chi connectivity index (χ1) is 21.1. The molecule has 4 rings (SSSR count). The number of esters is 2. The van der Waals surface area contributed by atoms with Gasteiger partial charge in [-0.2, -0.15) is 4.72 Å². The highest BCUT2D eigenvalue weighted by molar-refractivity contribution is 7.89. The lowest BCUT2D eigenvalue weighted by Gasteiger charge is -2.33. The van der Waals surface area contributed by atoms with Gasteiger partial charge in [0, 0.05) is 28.6 Å². The van der Waals surface area contributed by atoms with Crippen molar-refractivity contribution in [2.24, 2.45) is 0 Å². The SMILES string of the molecule is CCOC(=O)COc1ccccc1[C@H](NS(=O)(=O)c1ccc2[nH]c(=O)ccc2c1)C(O)N(CC(=O)OCC)Cc1cccs1. The van der Waals surface area contributed by atoms with Crippen molar-refractivity contribution in [2.75, 3.05) is 26.4 Å². The molecule has 2 atom stereocenters. The lowest BCUT2D eigenvalue weighted by Crippen LogP contribution is -2.48. The molecule has 3 N–H and O–H groups in total. The zero-order valence-corrected chi connectivity index (χ0v) is 25.7. The molecule has 0 radical (unpaired) electrons. The molecule has 4 aromatic rings. The second kappa shape index (κ2) is 15.1. The smallest absolute Gasteiger partial charge is 0.344 e. The number of aliphatic hydroxyl groups is 1. The maximum atomic E-state index is 13.8. The number of benzene rings is 2. The average molecular weight is 644 g/mol. The highest BCUT2D eigenvalue weighted by Crippen LogP contribution is 2.32. The minimum absolute atomic E-state index is 0.102. The van der Waals surface area contributed by atoms with E-state index in [9.17, 15) is 27.9 Å². The number of aromatic nitrogens is 1. The van der Waals surface area contributed by atoms with Crippen LogP contribution in [-0.2, 0) is 35.6 Å². The predicted molar refractivity (Wildman–Crippen MR) is 164 cm³/mol. The Morgan fingerprint density at radius 1 is 1.00 bits per heavy atom. The van der Waals surface area contributed by atoms with E-state index < -0.39 is 40.8 Å². The zero-order chi connectivity index (χ0) is 31.7. The Bertz CT molecular complexity index is 1740. The number of ether oxygens (including phenoxy) is 3. The van der Waals surface area contributed by atoms with E-state index in [0.717, 1.165) is 4.88 Å².